The number of amides is 1. The Kier molecular flexibility index (Phi) is 8.02. The lowest BCUT2D eigenvalue weighted by molar-refractivity contribution is -0.385. The van der Waals surface area contributed by atoms with Crippen LogP contribution >= 0.6 is 11.8 Å². The molecule has 1 atom stereocenters. The van der Waals surface area contributed by atoms with Gasteiger partial charge in [-0.1, -0.05) is 18.2 Å². The first-order valence-electron chi connectivity index (χ1n) is 9.72. The molecule has 1 heterocycles. The fourth-order valence-electron chi connectivity index (χ4n) is 3.04. The first-order chi connectivity index (χ1) is 14.9. The van der Waals surface area contributed by atoms with Gasteiger partial charge >= 0.3 is 0 Å². The number of ether oxygens (including phenoxy) is 1. The van der Waals surface area contributed by atoms with Gasteiger partial charge in [-0.2, -0.15) is 0 Å². The molecular weight excluding hydrogens is 442 g/mol. The highest BCUT2D eigenvalue weighted by molar-refractivity contribution is 7.99. The van der Waals surface area contributed by atoms with Crippen LogP contribution in [0.4, 0.5) is 5.69 Å². The van der Waals surface area contributed by atoms with Gasteiger partial charge in [-0.25, -0.2) is 13.1 Å². The smallest absolute Gasteiger partial charge is 0.270 e. The van der Waals surface area contributed by atoms with Crippen molar-refractivity contribution in [3.05, 3.63) is 64.2 Å². The van der Waals surface area contributed by atoms with E-state index in [0.717, 1.165) is 36.2 Å². The summed E-state index contributed by atoms with van der Waals surface area (Å²) in [6.45, 7) is 0.791. The van der Waals surface area contributed by atoms with Gasteiger partial charge in [0.05, 0.1) is 21.5 Å². The molecule has 1 amide bonds. The Hall–Kier alpha value is -2.47. The lowest BCUT2D eigenvalue weighted by Crippen LogP contribution is -2.34. The molecule has 1 saturated heterocycles. The van der Waals surface area contributed by atoms with Crippen molar-refractivity contribution in [2.45, 2.75) is 28.7 Å². The zero-order chi connectivity index (χ0) is 22.3. The Morgan fingerprint density at radius 1 is 1.19 bits per heavy atom. The molecule has 1 unspecified atom stereocenters. The van der Waals surface area contributed by atoms with Crippen LogP contribution in [-0.4, -0.2) is 50.8 Å². The fraction of sp³-hybridized carbons (Fsp3) is 0.350. The number of nitrogens with zero attached hydrogens (tertiary/aromatic N) is 1. The van der Waals surface area contributed by atoms with Gasteiger partial charge in [0.2, 0.25) is 10.0 Å². The highest BCUT2D eigenvalue weighted by Gasteiger charge is 2.19. The van der Waals surface area contributed by atoms with Crippen molar-refractivity contribution in [1.82, 2.24) is 10.0 Å². The lowest BCUT2D eigenvalue weighted by Gasteiger charge is -2.12. The minimum absolute atomic E-state index is 0.0536. The number of hydrogen-bond acceptors (Lipinski definition) is 7. The summed E-state index contributed by atoms with van der Waals surface area (Å²) in [4.78, 5) is 23.4. The average Bonchev–Trinajstić information content (AvgIpc) is 3.29. The molecular formula is C20H23N3O6S2. The molecule has 0 saturated carbocycles. The second-order valence-electron chi connectivity index (χ2n) is 6.85. The quantitative estimate of drug-likeness (QED) is 0.239. The van der Waals surface area contributed by atoms with E-state index in [1.807, 2.05) is 12.1 Å². The number of non-ortho nitro benzene ring substituents is 1. The minimum atomic E-state index is -3.93. The molecule has 2 aromatic rings. The van der Waals surface area contributed by atoms with Crippen LogP contribution in [0.5, 0.6) is 0 Å². The maximum Gasteiger partial charge on any atom is 0.270 e. The van der Waals surface area contributed by atoms with Crippen molar-refractivity contribution in [2.24, 2.45) is 0 Å². The maximum atomic E-state index is 12.6. The zero-order valence-electron chi connectivity index (χ0n) is 16.7. The van der Waals surface area contributed by atoms with E-state index >= 15 is 0 Å². The Morgan fingerprint density at radius 3 is 2.74 bits per heavy atom. The second-order valence-corrected chi connectivity index (χ2v) is 9.68. The number of carbonyl (C=O) groups is 1. The Morgan fingerprint density at radius 2 is 2.00 bits per heavy atom. The summed E-state index contributed by atoms with van der Waals surface area (Å²) in [5, 5.41) is 13.5. The van der Waals surface area contributed by atoms with Gasteiger partial charge in [0.15, 0.2) is 0 Å². The van der Waals surface area contributed by atoms with Gasteiger partial charge < -0.3 is 10.1 Å². The zero-order valence-corrected chi connectivity index (χ0v) is 18.3. The largest absolute Gasteiger partial charge is 0.377 e. The van der Waals surface area contributed by atoms with E-state index < -0.39 is 14.9 Å². The van der Waals surface area contributed by atoms with Crippen molar-refractivity contribution in [3.63, 3.8) is 0 Å². The van der Waals surface area contributed by atoms with Gasteiger partial charge in [0.25, 0.3) is 11.6 Å². The maximum absolute atomic E-state index is 12.6. The number of sulfonamides is 1. The third-order valence-corrected chi connectivity index (χ3v) is 7.29. The minimum Gasteiger partial charge on any atom is -0.377 e. The number of thioether (sulfide) groups is 1. The second kappa shape index (κ2) is 10.7. The lowest BCUT2D eigenvalue weighted by atomic mass is 10.2. The van der Waals surface area contributed by atoms with Crippen molar-refractivity contribution < 1.29 is 22.9 Å². The molecule has 0 spiro atoms. The van der Waals surface area contributed by atoms with Crippen molar-refractivity contribution in [2.75, 3.05) is 25.4 Å². The van der Waals surface area contributed by atoms with Crippen LogP contribution in [0.1, 0.15) is 23.2 Å². The Bertz CT molecular complexity index is 1040. The van der Waals surface area contributed by atoms with E-state index in [0.29, 0.717) is 5.56 Å². The molecule has 0 aliphatic carbocycles. The predicted molar refractivity (Wildman–Crippen MR) is 117 cm³/mol. The predicted octanol–water partition coefficient (Wildman–Crippen LogP) is 2.57. The van der Waals surface area contributed by atoms with Crippen LogP contribution in [0.15, 0.2) is 58.3 Å². The van der Waals surface area contributed by atoms with Gasteiger partial charge in [-0.3, -0.25) is 14.9 Å². The summed E-state index contributed by atoms with van der Waals surface area (Å²) in [6, 6.07) is 12.0. The molecule has 0 bridgehead atoms. The topological polar surface area (TPSA) is 128 Å². The molecule has 1 aliphatic heterocycles. The molecule has 166 valence electrons. The van der Waals surface area contributed by atoms with E-state index in [-0.39, 0.29) is 35.7 Å². The van der Waals surface area contributed by atoms with Crippen LogP contribution in [0.3, 0.4) is 0 Å². The van der Waals surface area contributed by atoms with Crippen LogP contribution in [-0.2, 0) is 14.8 Å². The monoisotopic (exact) mass is 465 g/mol. The van der Waals surface area contributed by atoms with E-state index in [1.54, 1.807) is 23.9 Å². The number of nitrogens with one attached hydrogen (secondary N) is 2. The Labute approximate surface area is 184 Å². The number of nitro benzene ring substituents is 1. The SMILES string of the molecule is O=C(NCCNS(=O)(=O)c1cccc([N+](=O)[O-])c1)c1ccccc1SCC1CCCO1. The van der Waals surface area contributed by atoms with E-state index in [4.69, 9.17) is 4.74 Å². The molecule has 2 N–H and O–H groups in total. The normalized spacial score (nSPS) is 16.2. The van der Waals surface area contributed by atoms with E-state index in [2.05, 4.69) is 10.0 Å². The summed E-state index contributed by atoms with van der Waals surface area (Å²) in [5.74, 6) is 0.470. The number of rotatable bonds is 10. The van der Waals surface area contributed by atoms with E-state index in [1.165, 1.54) is 18.2 Å². The standard InChI is InChI=1S/C20H23N3O6S2/c24-20(18-8-1-2-9-19(18)30-14-16-6-4-12-29-16)21-10-11-22-31(27,28)17-7-3-5-15(13-17)23(25)26/h1-3,5,7-9,13,16,22H,4,6,10-12,14H2,(H,21,24). The molecule has 3 rings (SSSR count). The van der Waals surface area contributed by atoms with Crippen molar-refractivity contribution in [3.8, 4) is 0 Å². The van der Waals surface area contributed by atoms with Crippen LogP contribution in [0.2, 0.25) is 0 Å². The van der Waals surface area contributed by atoms with Gasteiger partial charge in [0.1, 0.15) is 0 Å². The number of hydrogen-bond donors (Lipinski definition) is 2. The third-order valence-electron chi connectivity index (χ3n) is 4.62. The summed E-state index contributed by atoms with van der Waals surface area (Å²) < 4.78 is 32.6. The molecule has 0 aromatic heterocycles. The average molecular weight is 466 g/mol. The fourth-order valence-corrected chi connectivity index (χ4v) is 5.23. The molecule has 2 aromatic carbocycles. The number of nitro groups is 1. The van der Waals surface area contributed by atoms with E-state index in [9.17, 15) is 23.3 Å². The molecule has 11 heteroatoms. The summed E-state index contributed by atoms with van der Waals surface area (Å²) in [6.07, 6.45) is 2.27. The molecule has 31 heavy (non-hydrogen) atoms. The molecule has 1 fully saturated rings. The van der Waals surface area contributed by atoms with Crippen LogP contribution in [0.25, 0.3) is 0 Å². The van der Waals surface area contributed by atoms with Crippen LogP contribution < -0.4 is 10.0 Å². The van der Waals surface area contributed by atoms with Crippen molar-refractivity contribution in [1.29, 1.82) is 0 Å². The van der Waals surface area contributed by atoms with Crippen molar-refractivity contribution >= 4 is 33.4 Å². The third kappa shape index (κ3) is 6.50. The highest BCUT2D eigenvalue weighted by atomic mass is 32.2. The first-order valence-corrected chi connectivity index (χ1v) is 12.2. The molecule has 0 radical (unpaired) electrons. The van der Waals surface area contributed by atoms with Crippen LogP contribution in [0, 0.1) is 10.1 Å². The highest BCUT2D eigenvalue weighted by Crippen LogP contribution is 2.26. The number of carbonyl (C=O) groups excluding carboxylic acids is 1. The summed E-state index contributed by atoms with van der Waals surface area (Å²) in [7, 11) is -3.93. The number of benzene rings is 2. The molecule has 9 nitrogen and oxygen atoms in total. The first kappa shape index (κ1) is 23.2. The van der Waals surface area contributed by atoms with Gasteiger partial charge in [-0.05, 0) is 31.0 Å². The Balaban J connectivity index is 1.52. The summed E-state index contributed by atoms with van der Waals surface area (Å²) in [5.41, 5.74) is 0.209. The van der Waals surface area contributed by atoms with Gasteiger partial charge in [0, 0.05) is 42.5 Å². The van der Waals surface area contributed by atoms with Gasteiger partial charge in [-0.15, -0.1) is 11.8 Å². The summed E-state index contributed by atoms with van der Waals surface area (Å²) >= 11 is 1.56. The molecule has 1 aliphatic rings.